The minimum atomic E-state index is -1.99. The quantitative estimate of drug-likeness (QED) is 0.0752. The Hall–Kier alpha value is -4.21. The number of aliphatic hydroxyl groups is 1. The molecule has 0 spiro atoms. The molecule has 234 valence electrons. The van der Waals surface area contributed by atoms with E-state index >= 15 is 0 Å². The summed E-state index contributed by atoms with van der Waals surface area (Å²) in [5.74, 6) is -1.39. The Labute approximate surface area is 263 Å². The van der Waals surface area contributed by atoms with Gasteiger partial charge in [-0.2, -0.15) is 0 Å². The van der Waals surface area contributed by atoms with Crippen molar-refractivity contribution in [3.8, 4) is 11.4 Å². The van der Waals surface area contributed by atoms with Crippen LogP contribution >= 0.6 is 21.6 Å². The molecule has 0 bridgehead atoms. The van der Waals surface area contributed by atoms with E-state index in [0.29, 0.717) is 39.4 Å². The van der Waals surface area contributed by atoms with Crippen LogP contribution in [0.25, 0.3) is 22.3 Å². The van der Waals surface area contributed by atoms with Crippen LogP contribution in [0.5, 0.6) is 0 Å². The number of nitrogen functional groups attached to an aromatic ring is 1. The number of benzene rings is 1. The topological polar surface area (TPSA) is 174 Å². The van der Waals surface area contributed by atoms with Crippen LogP contribution in [0.15, 0.2) is 35.1 Å². The summed E-state index contributed by atoms with van der Waals surface area (Å²) in [5, 5.41) is 14.6. The van der Waals surface area contributed by atoms with E-state index in [4.69, 9.17) is 10.5 Å². The number of rotatable bonds is 10. The second kappa shape index (κ2) is 11.9. The molecule has 3 aromatic rings. The number of esters is 1. The number of cyclic esters (lactones) is 1. The Bertz CT molecular complexity index is 1880. The Morgan fingerprint density at radius 1 is 1.13 bits per heavy atom. The summed E-state index contributed by atoms with van der Waals surface area (Å²) in [4.78, 5) is 68.0. The molecule has 15 heteroatoms. The van der Waals surface area contributed by atoms with Crippen molar-refractivity contribution in [2.45, 2.75) is 45.1 Å². The van der Waals surface area contributed by atoms with Gasteiger partial charge in [0.1, 0.15) is 12.4 Å². The zero-order chi connectivity index (χ0) is 32.0. The van der Waals surface area contributed by atoms with Gasteiger partial charge in [0.05, 0.1) is 34.7 Å². The summed E-state index contributed by atoms with van der Waals surface area (Å²) in [6.45, 7) is 1.79. The second-order valence-electron chi connectivity index (χ2n) is 10.7. The van der Waals surface area contributed by atoms with Crippen LogP contribution in [0.3, 0.4) is 0 Å². The molecule has 0 aliphatic carbocycles. The summed E-state index contributed by atoms with van der Waals surface area (Å²) >= 11 is 0. The summed E-state index contributed by atoms with van der Waals surface area (Å²) in [6.07, 6.45) is 2.67. The Morgan fingerprint density at radius 3 is 2.60 bits per heavy atom. The molecule has 5 heterocycles. The SMILES string of the molecule is CC[C@@]1(O)C(=O)OCc2c1cc1n(c2=O)Cc2c-1nc1cc(F)c(N)cc1c2CNC(=O)CCSSCCN1C(=O)C=CC1=O. The number of nitrogens with zero attached hydrogens (tertiary/aromatic N) is 3. The van der Waals surface area contributed by atoms with E-state index in [-0.39, 0.29) is 79.1 Å². The number of carbonyl (C=O) groups is 4. The standard InChI is InChI=1S/C30H28FN5O7S2/c1-2-30(42)19-10-23-27-17(13-36(23)28(40)18(19)14-43-29(30)41)16(15-9-21(32)20(31)11-22(15)34-27)12-33-24(37)5-7-44-45-8-6-35-25(38)3-4-26(35)39/h3-4,9-11,42H,2,5-8,12-14,32H2,1H3,(H,33,37)/t30-/m0/s1. The predicted octanol–water partition coefficient (Wildman–Crippen LogP) is 2.11. The predicted molar refractivity (Wildman–Crippen MR) is 166 cm³/mol. The minimum absolute atomic E-state index is 0.00638. The number of amides is 3. The van der Waals surface area contributed by atoms with E-state index in [9.17, 15) is 33.5 Å². The van der Waals surface area contributed by atoms with Gasteiger partial charge < -0.3 is 25.5 Å². The minimum Gasteiger partial charge on any atom is -0.458 e. The van der Waals surface area contributed by atoms with Crippen LogP contribution in [0, 0.1) is 5.82 Å². The van der Waals surface area contributed by atoms with Crippen molar-refractivity contribution in [3.05, 3.63) is 68.8 Å². The lowest BCUT2D eigenvalue weighted by Crippen LogP contribution is -2.44. The average molecular weight is 654 g/mol. The number of hydrogen-bond acceptors (Lipinski definition) is 11. The third kappa shape index (κ3) is 5.38. The molecule has 2 aromatic heterocycles. The number of halogens is 1. The van der Waals surface area contributed by atoms with Gasteiger partial charge in [-0.3, -0.25) is 24.1 Å². The van der Waals surface area contributed by atoms with Crippen LogP contribution in [-0.2, 0) is 49.2 Å². The van der Waals surface area contributed by atoms with E-state index in [1.165, 1.54) is 50.4 Å². The van der Waals surface area contributed by atoms with Crippen molar-refractivity contribution in [2.24, 2.45) is 0 Å². The lowest BCUT2D eigenvalue weighted by Gasteiger charge is -2.31. The first-order valence-corrected chi connectivity index (χ1v) is 16.6. The first-order chi connectivity index (χ1) is 21.5. The van der Waals surface area contributed by atoms with Crippen molar-refractivity contribution in [3.63, 3.8) is 0 Å². The van der Waals surface area contributed by atoms with Gasteiger partial charge in [0.15, 0.2) is 5.60 Å². The van der Waals surface area contributed by atoms with Gasteiger partial charge in [0.2, 0.25) is 5.91 Å². The highest BCUT2D eigenvalue weighted by Gasteiger charge is 2.45. The maximum atomic E-state index is 14.6. The molecule has 1 aromatic carbocycles. The maximum absolute atomic E-state index is 14.6. The van der Waals surface area contributed by atoms with Crippen LogP contribution in [0.2, 0.25) is 0 Å². The molecule has 0 fully saturated rings. The van der Waals surface area contributed by atoms with Gasteiger partial charge >= 0.3 is 5.97 Å². The molecule has 12 nitrogen and oxygen atoms in total. The molecule has 1 atom stereocenters. The normalized spacial score (nSPS) is 18.3. The van der Waals surface area contributed by atoms with E-state index in [1.54, 1.807) is 13.0 Å². The van der Waals surface area contributed by atoms with Crippen molar-refractivity contribution in [2.75, 3.05) is 23.8 Å². The average Bonchev–Trinajstić information content (AvgIpc) is 3.54. The smallest absolute Gasteiger partial charge is 0.343 e. The largest absolute Gasteiger partial charge is 0.458 e. The van der Waals surface area contributed by atoms with Crippen LogP contribution in [0.1, 0.15) is 42.0 Å². The second-order valence-corrected chi connectivity index (χ2v) is 13.4. The fraction of sp³-hybridized carbons (Fsp3) is 0.333. The molecular weight excluding hydrogens is 625 g/mol. The molecule has 3 aliphatic heterocycles. The van der Waals surface area contributed by atoms with E-state index in [2.05, 4.69) is 10.3 Å². The third-order valence-corrected chi connectivity index (χ3v) is 10.6. The van der Waals surface area contributed by atoms with E-state index < -0.39 is 22.9 Å². The maximum Gasteiger partial charge on any atom is 0.343 e. The van der Waals surface area contributed by atoms with Gasteiger partial charge in [-0.1, -0.05) is 28.5 Å². The van der Waals surface area contributed by atoms with Crippen LogP contribution in [0.4, 0.5) is 10.1 Å². The van der Waals surface area contributed by atoms with Crippen molar-refractivity contribution < 1.29 is 33.4 Å². The van der Waals surface area contributed by atoms with Gasteiger partial charge in [-0.25, -0.2) is 14.2 Å². The fourth-order valence-corrected chi connectivity index (χ4v) is 7.65. The number of anilines is 1. The molecule has 0 radical (unpaired) electrons. The summed E-state index contributed by atoms with van der Waals surface area (Å²) in [7, 11) is 2.90. The van der Waals surface area contributed by atoms with E-state index in [1.807, 2.05) is 0 Å². The van der Waals surface area contributed by atoms with Crippen LogP contribution < -0.4 is 16.6 Å². The number of nitrogens with one attached hydrogen (secondary N) is 1. The van der Waals surface area contributed by atoms with Gasteiger partial charge in [0.25, 0.3) is 17.4 Å². The zero-order valence-corrected chi connectivity index (χ0v) is 25.7. The molecular formula is C30H28FN5O7S2. The van der Waals surface area contributed by atoms with Crippen molar-refractivity contribution >= 4 is 61.9 Å². The number of carbonyl (C=O) groups excluding carboxylic acids is 4. The van der Waals surface area contributed by atoms with Crippen molar-refractivity contribution in [1.82, 2.24) is 19.8 Å². The number of ether oxygens (including phenoxy) is 1. The lowest BCUT2D eigenvalue weighted by atomic mass is 9.86. The monoisotopic (exact) mass is 653 g/mol. The highest BCUT2D eigenvalue weighted by molar-refractivity contribution is 8.76. The molecule has 0 saturated carbocycles. The zero-order valence-electron chi connectivity index (χ0n) is 24.1. The first-order valence-electron chi connectivity index (χ1n) is 14.2. The number of imide groups is 1. The highest BCUT2D eigenvalue weighted by atomic mass is 33.1. The Balaban J connectivity index is 1.22. The van der Waals surface area contributed by atoms with Crippen molar-refractivity contribution in [1.29, 1.82) is 0 Å². The summed E-state index contributed by atoms with van der Waals surface area (Å²) < 4.78 is 21.2. The number of fused-ring (bicyclic) bond motifs is 5. The Kier molecular flexibility index (Phi) is 8.18. The van der Waals surface area contributed by atoms with Gasteiger partial charge in [-0.15, -0.1) is 0 Å². The highest BCUT2D eigenvalue weighted by Crippen LogP contribution is 2.40. The van der Waals surface area contributed by atoms with Gasteiger partial charge in [-0.05, 0) is 24.1 Å². The molecule has 6 rings (SSSR count). The number of aromatic nitrogens is 2. The molecule has 3 aliphatic rings. The summed E-state index contributed by atoms with van der Waals surface area (Å²) in [6, 6.07) is 4.22. The third-order valence-electron chi connectivity index (χ3n) is 8.18. The molecule has 4 N–H and O–H groups in total. The number of hydrogen-bond donors (Lipinski definition) is 3. The number of nitrogens with two attached hydrogens (primary N) is 1. The molecule has 45 heavy (non-hydrogen) atoms. The molecule has 0 unspecified atom stereocenters. The van der Waals surface area contributed by atoms with Crippen LogP contribution in [-0.4, -0.2) is 61.3 Å². The number of pyridine rings is 2. The van der Waals surface area contributed by atoms with Gasteiger partial charge in [0, 0.05) is 65.7 Å². The fourth-order valence-electron chi connectivity index (χ4n) is 5.71. The first kappa shape index (κ1) is 30.8. The van der Waals surface area contributed by atoms with E-state index in [0.717, 1.165) is 4.90 Å². The Morgan fingerprint density at radius 2 is 1.87 bits per heavy atom. The molecule has 0 saturated heterocycles. The lowest BCUT2D eigenvalue weighted by molar-refractivity contribution is -0.172. The molecule has 3 amide bonds. The summed E-state index contributed by atoms with van der Waals surface area (Å²) in [5.41, 5.74) is 5.98.